The molecule has 0 saturated carbocycles. The summed E-state index contributed by atoms with van der Waals surface area (Å²) in [4.78, 5) is 0. The zero-order chi connectivity index (χ0) is 23.1. The molecule has 0 saturated heterocycles. The van der Waals surface area contributed by atoms with Crippen molar-refractivity contribution in [2.45, 2.75) is 6.92 Å². The molecule has 0 spiro atoms. The third-order valence-electron chi connectivity index (χ3n) is 6.51. The lowest BCUT2D eigenvalue weighted by Crippen LogP contribution is -1.98. The Bertz CT molecular complexity index is 1660. The Hall–Kier alpha value is -4.61. The van der Waals surface area contributed by atoms with Gasteiger partial charge in [0.05, 0.1) is 28.4 Å². The summed E-state index contributed by atoms with van der Waals surface area (Å²) in [5.41, 5.74) is 9.87. The minimum atomic E-state index is 0.665. The number of aromatic nitrogens is 1. The molecule has 0 fully saturated rings. The van der Waals surface area contributed by atoms with Crippen molar-refractivity contribution in [1.29, 1.82) is 5.26 Å². The molecule has 6 aromatic rings. The fourth-order valence-electron chi connectivity index (χ4n) is 4.82. The predicted octanol–water partition coefficient (Wildman–Crippen LogP) is 8.30. The van der Waals surface area contributed by atoms with E-state index in [0.717, 1.165) is 16.8 Å². The molecule has 1 heterocycles. The van der Waals surface area contributed by atoms with E-state index in [1.165, 1.54) is 38.5 Å². The number of fused-ring (bicyclic) bond motifs is 3. The monoisotopic (exact) mass is 434 g/mol. The van der Waals surface area contributed by atoms with E-state index in [1.807, 2.05) is 18.2 Å². The maximum absolute atomic E-state index is 9.41. The molecular weight excluding hydrogens is 412 g/mol. The Balaban J connectivity index is 1.70. The van der Waals surface area contributed by atoms with E-state index in [4.69, 9.17) is 0 Å². The molecule has 0 aliphatic rings. The van der Waals surface area contributed by atoms with Crippen LogP contribution in [0.2, 0.25) is 0 Å². The first-order valence-corrected chi connectivity index (χ1v) is 11.4. The number of aryl methyl sites for hydroxylation is 1. The standard InChI is InChI=1S/C32H22N2/c1-22-13-15-24(16-14-22)27-18-17-26(25-8-6-7-23(19-25)21-33)20-32(27)34-30-11-4-2-9-28(30)29-10-3-5-12-31(29)34/h2-20H,1H3. The molecule has 0 amide bonds. The highest BCUT2D eigenvalue weighted by Gasteiger charge is 2.16. The van der Waals surface area contributed by atoms with E-state index in [9.17, 15) is 5.26 Å². The van der Waals surface area contributed by atoms with Crippen molar-refractivity contribution in [3.63, 3.8) is 0 Å². The molecule has 0 atom stereocenters. The van der Waals surface area contributed by atoms with Gasteiger partial charge in [0.2, 0.25) is 0 Å². The first kappa shape index (κ1) is 20.0. The summed E-state index contributed by atoms with van der Waals surface area (Å²) in [6, 6.07) is 42.6. The second kappa shape index (κ2) is 8.06. The minimum Gasteiger partial charge on any atom is -0.309 e. The summed E-state index contributed by atoms with van der Waals surface area (Å²) in [7, 11) is 0. The number of para-hydroxylation sites is 2. The average Bonchev–Trinajstić information content (AvgIpc) is 3.23. The first-order chi connectivity index (χ1) is 16.7. The predicted molar refractivity (Wildman–Crippen MR) is 141 cm³/mol. The van der Waals surface area contributed by atoms with Gasteiger partial charge in [-0.15, -0.1) is 0 Å². The number of benzene rings is 5. The molecule has 2 heteroatoms. The van der Waals surface area contributed by atoms with Crippen LogP contribution >= 0.6 is 0 Å². The second-order valence-electron chi connectivity index (χ2n) is 8.66. The van der Waals surface area contributed by atoms with Crippen molar-refractivity contribution in [3.05, 3.63) is 126 Å². The van der Waals surface area contributed by atoms with Gasteiger partial charge in [0.15, 0.2) is 0 Å². The van der Waals surface area contributed by atoms with Gasteiger partial charge < -0.3 is 4.57 Å². The molecule has 0 unspecified atom stereocenters. The SMILES string of the molecule is Cc1ccc(-c2ccc(-c3cccc(C#N)c3)cc2-n2c3ccccc3c3ccccc32)cc1. The molecule has 2 nitrogen and oxygen atoms in total. The van der Waals surface area contributed by atoms with Gasteiger partial charge in [-0.1, -0.05) is 90.5 Å². The highest BCUT2D eigenvalue weighted by molar-refractivity contribution is 6.09. The van der Waals surface area contributed by atoms with Crippen molar-refractivity contribution in [2.24, 2.45) is 0 Å². The first-order valence-electron chi connectivity index (χ1n) is 11.4. The molecule has 0 radical (unpaired) electrons. The van der Waals surface area contributed by atoms with Crippen LogP contribution in [0.1, 0.15) is 11.1 Å². The fourth-order valence-corrected chi connectivity index (χ4v) is 4.82. The summed E-state index contributed by atoms with van der Waals surface area (Å²) in [5, 5.41) is 11.9. The Labute approximate surface area is 199 Å². The van der Waals surface area contributed by atoms with Crippen LogP contribution in [-0.2, 0) is 0 Å². The summed E-state index contributed by atoms with van der Waals surface area (Å²) in [6.07, 6.45) is 0. The summed E-state index contributed by atoms with van der Waals surface area (Å²) in [6.45, 7) is 2.11. The van der Waals surface area contributed by atoms with Crippen molar-refractivity contribution in [1.82, 2.24) is 4.57 Å². The zero-order valence-corrected chi connectivity index (χ0v) is 18.9. The zero-order valence-electron chi connectivity index (χ0n) is 18.9. The van der Waals surface area contributed by atoms with Crippen LogP contribution in [0.4, 0.5) is 0 Å². The molecule has 6 rings (SSSR count). The van der Waals surface area contributed by atoms with Gasteiger partial charge in [0, 0.05) is 16.3 Å². The Morgan fingerprint density at radius 2 is 1.21 bits per heavy atom. The van der Waals surface area contributed by atoms with E-state index >= 15 is 0 Å². The topological polar surface area (TPSA) is 28.7 Å². The van der Waals surface area contributed by atoms with E-state index in [2.05, 4.69) is 115 Å². The third-order valence-corrected chi connectivity index (χ3v) is 6.51. The van der Waals surface area contributed by atoms with Crippen LogP contribution in [0, 0.1) is 18.3 Å². The summed E-state index contributed by atoms with van der Waals surface area (Å²) >= 11 is 0. The number of hydrogen-bond acceptors (Lipinski definition) is 1. The Morgan fingerprint density at radius 1 is 0.588 bits per heavy atom. The van der Waals surface area contributed by atoms with Crippen LogP contribution in [0.3, 0.4) is 0 Å². The Kier molecular flexibility index (Phi) is 4.75. The van der Waals surface area contributed by atoms with E-state index in [-0.39, 0.29) is 0 Å². The Morgan fingerprint density at radius 3 is 1.88 bits per heavy atom. The van der Waals surface area contributed by atoms with Crippen LogP contribution in [0.5, 0.6) is 0 Å². The second-order valence-corrected chi connectivity index (χ2v) is 8.66. The lowest BCUT2D eigenvalue weighted by atomic mass is 9.96. The molecule has 0 bridgehead atoms. The molecule has 0 aliphatic carbocycles. The number of rotatable bonds is 3. The molecule has 0 aliphatic heterocycles. The summed E-state index contributed by atoms with van der Waals surface area (Å²) < 4.78 is 2.37. The minimum absolute atomic E-state index is 0.665. The largest absolute Gasteiger partial charge is 0.309 e. The quantitative estimate of drug-likeness (QED) is 0.275. The van der Waals surface area contributed by atoms with E-state index in [0.29, 0.717) is 5.56 Å². The molecule has 1 aromatic heterocycles. The third kappa shape index (κ3) is 3.27. The van der Waals surface area contributed by atoms with Gasteiger partial charge in [-0.05, 0) is 53.9 Å². The van der Waals surface area contributed by atoms with Crippen molar-refractivity contribution in [3.8, 4) is 34.0 Å². The maximum atomic E-state index is 9.41. The molecule has 5 aromatic carbocycles. The lowest BCUT2D eigenvalue weighted by molar-refractivity contribution is 1.18. The number of nitrogens with zero attached hydrogens (tertiary/aromatic N) is 2. The van der Waals surface area contributed by atoms with Gasteiger partial charge in [-0.3, -0.25) is 0 Å². The van der Waals surface area contributed by atoms with Gasteiger partial charge in [-0.2, -0.15) is 5.26 Å². The number of hydrogen-bond donors (Lipinski definition) is 0. The lowest BCUT2D eigenvalue weighted by Gasteiger charge is -2.16. The van der Waals surface area contributed by atoms with Crippen LogP contribution in [0.15, 0.2) is 115 Å². The molecule has 0 N–H and O–H groups in total. The smallest absolute Gasteiger partial charge is 0.0991 e. The van der Waals surface area contributed by atoms with Crippen LogP contribution in [-0.4, -0.2) is 4.57 Å². The van der Waals surface area contributed by atoms with Gasteiger partial charge in [-0.25, -0.2) is 0 Å². The summed E-state index contributed by atoms with van der Waals surface area (Å²) in [5.74, 6) is 0. The van der Waals surface area contributed by atoms with Crippen LogP contribution < -0.4 is 0 Å². The van der Waals surface area contributed by atoms with Gasteiger partial charge >= 0.3 is 0 Å². The van der Waals surface area contributed by atoms with E-state index in [1.54, 1.807) is 0 Å². The van der Waals surface area contributed by atoms with Gasteiger partial charge in [0.25, 0.3) is 0 Å². The van der Waals surface area contributed by atoms with E-state index < -0.39 is 0 Å². The molecular formula is C32H22N2. The van der Waals surface area contributed by atoms with Gasteiger partial charge in [0.1, 0.15) is 0 Å². The maximum Gasteiger partial charge on any atom is 0.0991 e. The number of nitriles is 1. The highest BCUT2D eigenvalue weighted by Crippen LogP contribution is 2.38. The molecule has 34 heavy (non-hydrogen) atoms. The fraction of sp³-hybridized carbons (Fsp3) is 0.0312. The van der Waals surface area contributed by atoms with Crippen LogP contribution in [0.25, 0.3) is 49.7 Å². The molecule has 160 valence electrons. The van der Waals surface area contributed by atoms with Crippen molar-refractivity contribution < 1.29 is 0 Å². The van der Waals surface area contributed by atoms with Crippen molar-refractivity contribution >= 4 is 21.8 Å². The normalized spacial score (nSPS) is 11.1. The highest BCUT2D eigenvalue weighted by atomic mass is 15.0. The van der Waals surface area contributed by atoms with Crippen molar-refractivity contribution in [2.75, 3.05) is 0 Å². The average molecular weight is 435 g/mol.